The first-order valence-electron chi connectivity index (χ1n) is 9.16. The Kier molecular flexibility index (Phi) is 5.82. The van der Waals surface area contributed by atoms with Crippen LogP contribution in [0.4, 0.5) is 19.0 Å². The van der Waals surface area contributed by atoms with E-state index in [1.165, 1.54) is 16.8 Å². The highest BCUT2D eigenvalue weighted by Crippen LogP contribution is 2.31. The molecule has 0 atom stereocenters. The molecule has 2 heterocycles. The predicted octanol–water partition coefficient (Wildman–Crippen LogP) is 4.60. The third-order valence-electron chi connectivity index (χ3n) is 4.14. The highest BCUT2D eigenvalue weighted by Gasteiger charge is 2.30. The van der Waals surface area contributed by atoms with Crippen molar-refractivity contribution in [2.75, 3.05) is 11.9 Å². The predicted molar refractivity (Wildman–Crippen MR) is 106 cm³/mol. The van der Waals surface area contributed by atoms with Crippen molar-refractivity contribution in [1.29, 1.82) is 0 Å². The van der Waals surface area contributed by atoms with Crippen molar-refractivity contribution in [1.82, 2.24) is 14.8 Å². The van der Waals surface area contributed by atoms with Crippen molar-refractivity contribution in [2.24, 2.45) is 0 Å². The fraction of sp³-hybridized carbons (Fsp3) is 0.286. The standard InChI is InChI=1S/C21H21F3N4O2/c1-20(2,3)16-12-18(28(27-16)17-9-4-5-10-25-17)26-19(29)13-30-15-8-6-7-14(11-15)21(22,23)24/h4-12H,13H2,1-3H3,(H,26,29). The number of anilines is 1. The van der Waals surface area contributed by atoms with E-state index < -0.39 is 24.3 Å². The lowest BCUT2D eigenvalue weighted by Gasteiger charge is -2.13. The maximum Gasteiger partial charge on any atom is 0.416 e. The summed E-state index contributed by atoms with van der Waals surface area (Å²) < 4.78 is 45.2. The van der Waals surface area contributed by atoms with Gasteiger partial charge in [0.1, 0.15) is 11.6 Å². The third kappa shape index (κ3) is 5.16. The molecule has 0 saturated carbocycles. The smallest absolute Gasteiger partial charge is 0.416 e. The summed E-state index contributed by atoms with van der Waals surface area (Å²) in [6.45, 7) is 5.50. The van der Waals surface area contributed by atoms with Crippen LogP contribution in [-0.2, 0) is 16.4 Å². The number of nitrogens with zero attached hydrogens (tertiary/aromatic N) is 3. The maximum absolute atomic E-state index is 12.8. The van der Waals surface area contributed by atoms with Gasteiger partial charge >= 0.3 is 6.18 Å². The number of hydrogen-bond acceptors (Lipinski definition) is 4. The molecule has 158 valence electrons. The Morgan fingerprint density at radius 2 is 1.87 bits per heavy atom. The Morgan fingerprint density at radius 1 is 1.10 bits per heavy atom. The van der Waals surface area contributed by atoms with E-state index in [0.29, 0.717) is 11.6 Å². The summed E-state index contributed by atoms with van der Waals surface area (Å²) in [5.41, 5.74) is -0.376. The van der Waals surface area contributed by atoms with E-state index in [1.807, 2.05) is 20.8 Å². The van der Waals surface area contributed by atoms with Crippen LogP contribution in [0.2, 0.25) is 0 Å². The van der Waals surface area contributed by atoms with Crippen LogP contribution in [-0.4, -0.2) is 27.3 Å². The van der Waals surface area contributed by atoms with Gasteiger partial charge in [0.25, 0.3) is 5.91 Å². The second kappa shape index (κ2) is 8.17. The van der Waals surface area contributed by atoms with Crippen molar-refractivity contribution in [3.8, 4) is 11.6 Å². The quantitative estimate of drug-likeness (QED) is 0.658. The molecule has 3 rings (SSSR count). The van der Waals surface area contributed by atoms with E-state index in [0.717, 1.165) is 17.8 Å². The first kappa shape index (κ1) is 21.4. The van der Waals surface area contributed by atoms with E-state index in [2.05, 4.69) is 15.4 Å². The zero-order chi connectivity index (χ0) is 21.9. The molecule has 6 nitrogen and oxygen atoms in total. The zero-order valence-electron chi connectivity index (χ0n) is 16.7. The monoisotopic (exact) mass is 418 g/mol. The Morgan fingerprint density at radius 3 is 2.50 bits per heavy atom. The van der Waals surface area contributed by atoms with Crippen LogP contribution in [0.15, 0.2) is 54.7 Å². The molecule has 9 heteroatoms. The minimum atomic E-state index is -4.49. The molecule has 0 aliphatic rings. The van der Waals surface area contributed by atoms with E-state index in [9.17, 15) is 18.0 Å². The molecule has 0 fully saturated rings. The number of alkyl halides is 3. The van der Waals surface area contributed by atoms with E-state index in [4.69, 9.17) is 4.74 Å². The van der Waals surface area contributed by atoms with Gasteiger partial charge < -0.3 is 10.1 Å². The molecule has 3 aromatic rings. The number of carbonyl (C=O) groups excluding carboxylic acids is 1. The Bertz CT molecular complexity index is 1020. The van der Waals surface area contributed by atoms with Crippen LogP contribution in [0.25, 0.3) is 5.82 Å². The van der Waals surface area contributed by atoms with Crippen molar-refractivity contribution in [2.45, 2.75) is 32.4 Å². The number of ether oxygens (including phenoxy) is 1. The van der Waals surface area contributed by atoms with Gasteiger partial charge in [0, 0.05) is 17.7 Å². The van der Waals surface area contributed by atoms with Gasteiger partial charge in [-0.15, -0.1) is 0 Å². The molecule has 0 radical (unpaired) electrons. The number of pyridine rings is 1. The summed E-state index contributed by atoms with van der Waals surface area (Å²) >= 11 is 0. The number of nitrogens with one attached hydrogen (secondary N) is 1. The molecule has 0 aliphatic heterocycles. The fourth-order valence-electron chi connectivity index (χ4n) is 2.58. The van der Waals surface area contributed by atoms with E-state index in [1.54, 1.807) is 30.5 Å². The SMILES string of the molecule is CC(C)(C)c1cc(NC(=O)COc2cccc(C(F)(F)F)c2)n(-c2ccccn2)n1. The highest BCUT2D eigenvalue weighted by molar-refractivity contribution is 5.91. The maximum atomic E-state index is 12.8. The minimum Gasteiger partial charge on any atom is -0.484 e. The number of carbonyl (C=O) groups is 1. The van der Waals surface area contributed by atoms with Crippen LogP contribution in [0.1, 0.15) is 32.0 Å². The molecular weight excluding hydrogens is 397 g/mol. The fourth-order valence-corrected chi connectivity index (χ4v) is 2.58. The third-order valence-corrected chi connectivity index (χ3v) is 4.14. The number of halogens is 3. The molecule has 2 aromatic heterocycles. The molecule has 1 amide bonds. The van der Waals surface area contributed by atoms with Crippen LogP contribution < -0.4 is 10.1 Å². The van der Waals surface area contributed by atoms with Crippen LogP contribution in [0, 0.1) is 0 Å². The minimum absolute atomic E-state index is 0.0476. The first-order chi connectivity index (χ1) is 14.0. The Labute approximate surface area is 171 Å². The largest absolute Gasteiger partial charge is 0.484 e. The molecule has 0 unspecified atom stereocenters. The number of amides is 1. The van der Waals surface area contributed by atoms with E-state index >= 15 is 0 Å². The summed E-state index contributed by atoms with van der Waals surface area (Å²) in [4.78, 5) is 16.6. The van der Waals surface area contributed by atoms with Gasteiger partial charge in [-0.3, -0.25) is 4.79 Å². The molecule has 0 spiro atoms. The van der Waals surface area contributed by atoms with E-state index in [-0.39, 0.29) is 11.2 Å². The molecule has 0 aliphatic carbocycles. The van der Waals surface area contributed by atoms with Crippen LogP contribution in [0.5, 0.6) is 5.75 Å². The second-order valence-electron chi connectivity index (χ2n) is 7.63. The van der Waals surface area contributed by atoms with Crippen molar-refractivity contribution in [3.05, 3.63) is 66.0 Å². The summed E-state index contributed by atoms with van der Waals surface area (Å²) in [6, 6.07) is 11.4. The number of benzene rings is 1. The van der Waals surface area contributed by atoms with Gasteiger partial charge in [0.15, 0.2) is 12.4 Å². The molecule has 1 N–H and O–H groups in total. The molecule has 30 heavy (non-hydrogen) atoms. The average Bonchev–Trinajstić information content (AvgIpc) is 3.11. The lowest BCUT2D eigenvalue weighted by molar-refractivity contribution is -0.137. The van der Waals surface area contributed by atoms with Crippen LogP contribution in [0.3, 0.4) is 0 Å². The molecule has 1 aromatic carbocycles. The topological polar surface area (TPSA) is 69.0 Å². The van der Waals surface area contributed by atoms with Gasteiger partial charge in [-0.05, 0) is 30.3 Å². The zero-order valence-corrected chi connectivity index (χ0v) is 16.7. The number of aromatic nitrogens is 3. The summed E-state index contributed by atoms with van der Waals surface area (Å²) in [5, 5.41) is 7.23. The second-order valence-corrected chi connectivity index (χ2v) is 7.63. The summed E-state index contributed by atoms with van der Waals surface area (Å²) in [6.07, 6.45) is -2.88. The normalized spacial score (nSPS) is 11.9. The van der Waals surface area contributed by atoms with Gasteiger partial charge in [0.05, 0.1) is 11.3 Å². The summed E-state index contributed by atoms with van der Waals surface area (Å²) in [5.74, 6) is 0.317. The Hall–Kier alpha value is -3.36. The van der Waals surface area contributed by atoms with Gasteiger partial charge in [-0.2, -0.15) is 23.0 Å². The number of hydrogen-bond donors (Lipinski definition) is 1. The number of rotatable bonds is 5. The van der Waals surface area contributed by atoms with Gasteiger partial charge in [-0.25, -0.2) is 4.98 Å². The van der Waals surface area contributed by atoms with Crippen molar-refractivity contribution < 1.29 is 22.7 Å². The molecule has 0 bridgehead atoms. The van der Waals surface area contributed by atoms with Crippen LogP contribution >= 0.6 is 0 Å². The van der Waals surface area contributed by atoms with Crippen molar-refractivity contribution in [3.63, 3.8) is 0 Å². The molecular formula is C21H21F3N4O2. The first-order valence-corrected chi connectivity index (χ1v) is 9.16. The van der Waals surface area contributed by atoms with Gasteiger partial charge in [0.2, 0.25) is 0 Å². The Balaban J connectivity index is 1.76. The lowest BCUT2D eigenvalue weighted by atomic mass is 9.92. The average molecular weight is 418 g/mol. The van der Waals surface area contributed by atoms with Crippen molar-refractivity contribution >= 4 is 11.7 Å². The summed E-state index contributed by atoms with van der Waals surface area (Å²) in [7, 11) is 0. The molecule has 0 saturated heterocycles. The van der Waals surface area contributed by atoms with Gasteiger partial charge in [-0.1, -0.05) is 32.9 Å². The lowest BCUT2D eigenvalue weighted by Crippen LogP contribution is -2.22. The highest BCUT2D eigenvalue weighted by atomic mass is 19.4.